The van der Waals surface area contributed by atoms with E-state index < -0.39 is 5.97 Å². The number of hydrogen-bond acceptors (Lipinski definition) is 2. The third-order valence-corrected chi connectivity index (χ3v) is 4.64. The highest BCUT2D eigenvalue weighted by atomic mass is 35.5. The first kappa shape index (κ1) is 17.1. The maximum Gasteiger partial charge on any atom is 0.303 e. The summed E-state index contributed by atoms with van der Waals surface area (Å²) in [6.07, 6.45) is 2.72. The van der Waals surface area contributed by atoms with E-state index in [-0.39, 0.29) is 18.2 Å². The molecule has 0 aromatic heterocycles. The molecule has 1 amide bonds. The van der Waals surface area contributed by atoms with Crippen molar-refractivity contribution in [2.24, 2.45) is 5.92 Å². The zero-order chi connectivity index (χ0) is 16.1. The second-order valence-electron chi connectivity index (χ2n) is 5.66. The number of carbonyl (C=O) groups excluding carboxylic acids is 1. The predicted molar refractivity (Wildman–Crippen MR) is 86.3 cm³/mol. The lowest BCUT2D eigenvalue weighted by molar-refractivity contribution is -0.138. The molecule has 0 atom stereocenters. The molecule has 0 unspecified atom stereocenters. The van der Waals surface area contributed by atoms with Crippen LogP contribution in [0.1, 0.15) is 31.2 Å². The molecule has 0 radical (unpaired) electrons. The maximum absolute atomic E-state index is 12.2. The molecule has 6 heteroatoms. The first-order valence-electron chi connectivity index (χ1n) is 7.39. The van der Waals surface area contributed by atoms with Crippen molar-refractivity contribution in [3.8, 4) is 0 Å². The Balaban J connectivity index is 1.80. The number of aryl methyl sites for hydroxylation is 1. The van der Waals surface area contributed by atoms with E-state index in [9.17, 15) is 9.59 Å². The lowest BCUT2D eigenvalue weighted by atomic mass is 9.93. The minimum atomic E-state index is -0.762. The summed E-state index contributed by atoms with van der Waals surface area (Å²) in [6, 6.07) is 5.29. The molecule has 120 valence electrons. The van der Waals surface area contributed by atoms with E-state index in [1.165, 1.54) is 0 Å². The maximum atomic E-state index is 12.2. The van der Waals surface area contributed by atoms with Crippen molar-refractivity contribution in [3.05, 3.63) is 33.8 Å². The Kier molecular flexibility index (Phi) is 6.09. The van der Waals surface area contributed by atoms with Gasteiger partial charge in [-0.1, -0.05) is 29.3 Å². The number of carbonyl (C=O) groups is 2. The fourth-order valence-corrected chi connectivity index (χ4v) is 3.26. The van der Waals surface area contributed by atoms with Gasteiger partial charge in [0.25, 0.3) is 0 Å². The third-order valence-electron chi connectivity index (χ3n) is 4.05. The number of carboxylic acid groups (broad SMARTS) is 1. The second kappa shape index (κ2) is 7.84. The van der Waals surface area contributed by atoms with Gasteiger partial charge in [0.1, 0.15) is 0 Å². The molecule has 0 spiro atoms. The first-order chi connectivity index (χ1) is 10.5. The van der Waals surface area contributed by atoms with E-state index in [2.05, 4.69) is 0 Å². The fourth-order valence-electron chi connectivity index (χ4n) is 2.76. The number of nitrogens with zero attached hydrogens (tertiary/aromatic N) is 1. The molecule has 1 fully saturated rings. The Morgan fingerprint density at radius 1 is 1.23 bits per heavy atom. The van der Waals surface area contributed by atoms with Gasteiger partial charge in [-0.2, -0.15) is 0 Å². The Morgan fingerprint density at radius 2 is 1.91 bits per heavy atom. The normalized spacial score (nSPS) is 15.8. The lowest BCUT2D eigenvalue weighted by Gasteiger charge is -2.31. The number of carboxylic acids is 1. The van der Waals surface area contributed by atoms with Crippen LogP contribution >= 0.6 is 23.2 Å². The molecular formula is C16H19Cl2NO3. The van der Waals surface area contributed by atoms with E-state index in [0.29, 0.717) is 36.0 Å². The zero-order valence-electron chi connectivity index (χ0n) is 12.2. The highest BCUT2D eigenvalue weighted by Crippen LogP contribution is 2.24. The smallest absolute Gasteiger partial charge is 0.303 e. The largest absolute Gasteiger partial charge is 0.481 e. The van der Waals surface area contributed by atoms with Crippen LogP contribution in [0.4, 0.5) is 0 Å². The van der Waals surface area contributed by atoms with Gasteiger partial charge < -0.3 is 10.0 Å². The molecule has 22 heavy (non-hydrogen) atoms. The van der Waals surface area contributed by atoms with E-state index >= 15 is 0 Å². The van der Waals surface area contributed by atoms with Gasteiger partial charge in [-0.05, 0) is 42.9 Å². The Hall–Kier alpha value is -1.26. The summed E-state index contributed by atoms with van der Waals surface area (Å²) in [6.45, 7) is 1.29. The topological polar surface area (TPSA) is 57.6 Å². The van der Waals surface area contributed by atoms with Crippen molar-refractivity contribution in [3.63, 3.8) is 0 Å². The SMILES string of the molecule is O=C(O)CC1CCN(C(=O)CCc2ccc(Cl)cc2Cl)CC1. The van der Waals surface area contributed by atoms with Gasteiger partial charge in [-0.25, -0.2) is 0 Å². The summed E-state index contributed by atoms with van der Waals surface area (Å²) in [4.78, 5) is 24.7. The van der Waals surface area contributed by atoms with Crippen molar-refractivity contribution in [1.29, 1.82) is 0 Å². The molecular weight excluding hydrogens is 325 g/mol. The van der Waals surface area contributed by atoms with Crippen molar-refractivity contribution in [1.82, 2.24) is 4.90 Å². The minimum Gasteiger partial charge on any atom is -0.481 e. The molecule has 1 N–H and O–H groups in total. The molecule has 4 nitrogen and oxygen atoms in total. The molecule has 1 aliphatic rings. The van der Waals surface area contributed by atoms with Gasteiger partial charge in [0.15, 0.2) is 0 Å². The molecule has 0 bridgehead atoms. The lowest BCUT2D eigenvalue weighted by Crippen LogP contribution is -2.39. The van der Waals surface area contributed by atoms with Gasteiger partial charge in [0.2, 0.25) is 5.91 Å². The number of hydrogen-bond donors (Lipinski definition) is 1. The van der Waals surface area contributed by atoms with Crippen LogP contribution in [0.25, 0.3) is 0 Å². The van der Waals surface area contributed by atoms with Crippen LogP contribution in [0.3, 0.4) is 0 Å². The molecule has 1 heterocycles. The second-order valence-corrected chi connectivity index (χ2v) is 6.50. The Bertz CT molecular complexity index is 554. The van der Waals surface area contributed by atoms with Crippen LogP contribution in [-0.2, 0) is 16.0 Å². The molecule has 0 saturated carbocycles. The van der Waals surface area contributed by atoms with E-state index in [4.69, 9.17) is 28.3 Å². The number of benzene rings is 1. The number of halogens is 2. The standard InChI is InChI=1S/C16H19Cl2NO3/c17-13-3-1-12(14(18)10-13)2-4-15(20)19-7-5-11(6-8-19)9-16(21)22/h1,3,10-11H,2,4-9H2,(H,21,22). The average molecular weight is 344 g/mol. The van der Waals surface area contributed by atoms with Crippen LogP contribution in [0.2, 0.25) is 10.0 Å². The number of piperidine rings is 1. The van der Waals surface area contributed by atoms with Crippen molar-refractivity contribution in [2.75, 3.05) is 13.1 Å². The Morgan fingerprint density at radius 3 is 2.50 bits per heavy atom. The van der Waals surface area contributed by atoms with Crippen molar-refractivity contribution < 1.29 is 14.7 Å². The van der Waals surface area contributed by atoms with Crippen LogP contribution in [0.5, 0.6) is 0 Å². The first-order valence-corrected chi connectivity index (χ1v) is 8.15. The number of rotatable bonds is 5. The van der Waals surface area contributed by atoms with E-state index in [0.717, 1.165) is 18.4 Å². The minimum absolute atomic E-state index is 0.0970. The predicted octanol–water partition coefficient (Wildman–Crippen LogP) is 3.64. The highest BCUT2D eigenvalue weighted by molar-refractivity contribution is 6.35. The van der Waals surface area contributed by atoms with Gasteiger partial charge in [-0.3, -0.25) is 9.59 Å². The average Bonchev–Trinajstić information content (AvgIpc) is 2.46. The zero-order valence-corrected chi connectivity index (χ0v) is 13.7. The molecule has 0 aliphatic carbocycles. The quantitative estimate of drug-likeness (QED) is 0.887. The highest BCUT2D eigenvalue weighted by Gasteiger charge is 2.24. The molecule has 1 saturated heterocycles. The monoisotopic (exact) mass is 343 g/mol. The third kappa shape index (κ3) is 4.89. The van der Waals surface area contributed by atoms with Gasteiger partial charge in [0.05, 0.1) is 0 Å². The summed E-state index contributed by atoms with van der Waals surface area (Å²) >= 11 is 12.0. The summed E-state index contributed by atoms with van der Waals surface area (Å²) in [5.74, 6) is -0.478. The molecule has 1 aromatic carbocycles. The fraction of sp³-hybridized carbons (Fsp3) is 0.500. The van der Waals surface area contributed by atoms with Crippen LogP contribution in [0, 0.1) is 5.92 Å². The number of aliphatic carboxylic acids is 1. The van der Waals surface area contributed by atoms with Crippen LogP contribution in [-0.4, -0.2) is 35.0 Å². The summed E-state index contributed by atoms with van der Waals surface area (Å²) < 4.78 is 0. The van der Waals surface area contributed by atoms with Gasteiger partial charge in [0, 0.05) is 36.0 Å². The van der Waals surface area contributed by atoms with E-state index in [1.807, 2.05) is 11.0 Å². The summed E-state index contributed by atoms with van der Waals surface area (Å²) in [5, 5.41) is 9.96. The van der Waals surface area contributed by atoms with Crippen molar-refractivity contribution in [2.45, 2.75) is 32.1 Å². The van der Waals surface area contributed by atoms with E-state index in [1.54, 1.807) is 12.1 Å². The van der Waals surface area contributed by atoms with Crippen molar-refractivity contribution >= 4 is 35.1 Å². The Labute approximate surface area is 140 Å². The number of amides is 1. The van der Waals surface area contributed by atoms with Crippen LogP contribution in [0.15, 0.2) is 18.2 Å². The summed E-state index contributed by atoms with van der Waals surface area (Å²) in [7, 11) is 0. The van der Waals surface area contributed by atoms with Gasteiger partial charge in [-0.15, -0.1) is 0 Å². The molecule has 1 aromatic rings. The number of likely N-dealkylation sites (tertiary alicyclic amines) is 1. The van der Waals surface area contributed by atoms with Gasteiger partial charge >= 0.3 is 5.97 Å². The van der Waals surface area contributed by atoms with Crippen LogP contribution < -0.4 is 0 Å². The summed E-state index contributed by atoms with van der Waals surface area (Å²) in [5.41, 5.74) is 0.917. The molecule has 1 aliphatic heterocycles. The molecule has 2 rings (SSSR count).